The van der Waals surface area contributed by atoms with E-state index in [1.54, 1.807) is 22.8 Å². The predicted molar refractivity (Wildman–Crippen MR) is 133 cm³/mol. The molecule has 2 heterocycles. The molecular weight excluding hydrogens is 456 g/mol. The zero-order chi connectivity index (χ0) is 24.4. The van der Waals surface area contributed by atoms with E-state index in [2.05, 4.69) is 10.4 Å². The lowest BCUT2D eigenvalue weighted by atomic mass is 10.1. The number of ether oxygens (including phenoxy) is 2. The van der Waals surface area contributed by atoms with Crippen LogP contribution in [0.1, 0.15) is 30.8 Å². The van der Waals surface area contributed by atoms with E-state index in [0.717, 1.165) is 10.9 Å². The van der Waals surface area contributed by atoms with Gasteiger partial charge in [0.25, 0.3) is 11.5 Å². The third-order valence-electron chi connectivity index (χ3n) is 5.59. The third-order valence-corrected chi connectivity index (χ3v) is 5.89. The molecule has 0 aliphatic carbocycles. The summed E-state index contributed by atoms with van der Waals surface area (Å²) >= 11 is 6.30. The van der Waals surface area contributed by atoms with Crippen molar-refractivity contribution in [3.63, 3.8) is 0 Å². The molecule has 2 aromatic heterocycles. The molecule has 34 heavy (non-hydrogen) atoms. The van der Waals surface area contributed by atoms with E-state index < -0.39 is 0 Å². The minimum atomic E-state index is -0.362. The molecule has 0 unspecified atom stereocenters. The second kappa shape index (κ2) is 9.87. The summed E-state index contributed by atoms with van der Waals surface area (Å²) in [4.78, 5) is 26.9. The summed E-state index contributed by atoms with van der Waals surface area (Å²) in [5.74, 6) is 0.116. The Morgan fingerprint density at radius 3 is 2.68 bits per heavy atom. The molecule has 4 rings (SSSR count). The minimum absolute atomic E-state index is 0.132. The van der Waals surface area contributed by atoms with Crippen LogP contribution in [0.15, 0.2) is 47.3 Å². The van der Waals surface area contributed by atoms with Crippen molar-refractivity contribution in [2.45, 2.75) is 26.4 Å². The molecule has 0 aliphatic rings. The number of para-hydroxylation sites is 1. The van der Waals surface area contributed by atoms with E-state index >= 15 is 0 Å². The summed E-state index contributed by atoms with van der Waals surface area (Å²) in [5.41, 5.74) is 1.47. The van der Waals surface area contributed by atoms with Gasteiger partial charge in [-0.1, -0.05) is 29.8 Å². The molecule has 0 saturated carbocycles. The number of fused-ring (bicyclic) bond motifs is 3. The van der Waals surface area contributed by atoms with Gasteiger partial charge >= 0.3 is 0 Å². The van der Waals surface area contributed by atoms with Crippen molar-refractivity contribution in [2.24, 2.45) is 7.05 Å². The van der Waals surface area contributed by atoms with Gasteiger partial charge in [-0.15, -0.1) is 0 Å². The van der Waals surface area contributed by atoms with Crippen LogP contribution in [0.5, 0.6) is 5.75 Å². The first kappa shape index (κ1) is 23.8. The molecule has 0 fully saturated rings. The Balaban J connectivity index is 1.85. The summed E-state index contributed by atoms with van der Waals surface area (Å²) in [6.07, 6.45) is 0.795. The van der Waals surface area contributed by atoms with Crippen molar-refractivity contribution in [1.82, 2.24) is 19.7 Å². The average Bonchev–Trinajstić information content (AvgIpc) is 3.12. The minimum Gasteiger partial charge on any atom is -0.495 e. The second-order valence-electron chi connectivity index (χ2n) is 8.21. The van der Waals surface area contributed by atoms with Crippen LogP contribution in [0.3, 0.4) is 0 Å². The number of benzene rings is 2. The van der Waals surface area contributed by atoms with Gasteiger partial charge in [0, 0.05) is 36.5 Å². The number of aryl methyl sites for hydroxylation is 1. The lowest BCUT2D eigenvalue weighted by Gasteiger charge is -2.12. The monoisotopic (exact) mass is 482 g/mol. The summed E-state index contributed by atoms with van der Waals surface area (Å²) in [5, 5.41) is 9.07. The van der Waals surface area contributed by atoms with Gasteiger partial charge in [-0.2, -0.15) is 9.78 Å². The maximum absolute atomic E-state index is 13.6. The first-order valence-electron chi connectivity index (χ1n) is 11.1. The van der Waals surface area contributed by atoms with Crippen LogP contribution < -0.4 is 15.6 Å². The van der Waals surface area contributed by atoms with Gasteiger partial charge < -0.3 is 19.4 Å². The Labute approximate surface area is 202 Å². The van der Waals surface area contributed by atoms with Gasteiger partial charge in [-0.05, 0) is 44.5 Å². The number of aromatic nitrogens is 3. The molecule has 0 aliphatic heterocycles. The molecular formula is C25H27ClN4O4. The molecule has 0 bridgehead atoms. The molecule has 9 heteroatoms. The summed E-state index contributed by atoms with van der Waals surface area (Å²) in [6.45, 7) is 4.90. The number of hydrogen-bond donors (Lipinski definition) is 1. The fraction of sp³-hybridized carbons (Fsp3) is 0.320. The summed E-state index contributed by atoms with van der Waals surface area (Å²) in [7, 11) is 3.32. The van der Waals surface area contributed by atoms with Crippen molar-refractivity contribution in [2.75, 3.05) is 20.3 Å². The Kier molecular flexibility index (Phi) is 6.90. The Bertz CT molecular complexity index is 1420. The van der Waals surface area contributed by atoms with Crippen molar-refractivity contribution < 1.29 is 14.3 Å². The van der Waals surface area contributed by atoms with Crippen molar-refractivity contribution >= 4 is 39.3 Å². The van der Waals surface area contributed by atoms with Crippen LogP contribution in [-0.4, -0.2) is 46.6 Å². The Morgan fingerprint density at radius 1 is 1.21 bits per heavy atom. The molecule has 0 atom stereocenters. The second-order valence-corrected chi connectivity index (χ2v) is 8.62. The topological polar surface area (TPSA) is 87.4 Å². The van der Waals surface area contributed by atoms with Gasteiger partial charge in [0.15, 0.2) is 5.69 Å². The highest BCUT2D eigenvalue weighted by Crippen LogP contribution is 2.30. The lowest BCUT2D eigenvalue weighted by molar-refractivity contribution is 0.0756. The summed E-state index contributed by atoms with van der Waals surface area (Å²) in [6, 6.07) is 12.5. The standard InChI is InChI=1S/C25H27ClN4O4/c1-15(2)34-13-7-12-27-24(31)22-21-17-8-5-6-9-19(17)29(3)23(21)25(32)30(28-22)16-10-11-20(33-4)18(26)14-16/h5-6,8-11,14-15H,7,12-13H2,1-4H3,(H,27,31). The number of carbonyl (C=O) groups is 1. The number of methoxy groups -OCH3 is 1. The Morgan fingerprint density at radius 2 is 1.97 bits per heavy atom. The largest absolute Gasteiger partial charge is 0.495 e. The summed E-state index contributed by atoms with van der Waals surface area (Å²) < 4.78 is 13.8. The SMILES string of the molecule is COc1ccc(-n2nc(C(=O)NCCCOC(C)C)c3c4ccccc4n(C)c3c2=O)cc1Cl. The van der Waals surface area contributed by atoms with E-state index in [4.69, 9.17) is 21.1 Å². The van der Waals surface area contributed by atoms with Crippen LogP contribution in [0.2, 0.25) is 5.02 Å². The molecule has 8 nitrogen and oxygen atoms in total. The molecule has 2 aromatic carbocycles. The molecule has 4 aromatic rings. The van der Waals surface area contributed by atoms with Crippen LogP contribution >= 0.6 is 11.6 Å². The number of nitrogens with zero attached hydrogens (tertiary/aromatic N) is 3. The molecule has 0 spiro atoms. The fourth-order valence-electron chi connectivity index (χ4n) is 3.98. The van der Waals surface area contributed by atoms with Crippen molar-refractivity contribution in [1.29, 1.82) is 0 Å². The van der Waals surface area contributed by atoms with Crippen LogP contribution in [0.4, 0.5) is 0 Å². The number of halogens is 1. The van der Waals surface area contributed by atoms with Crippen LogP contribution in [0, 0.1) is 0 Å². The number of carbonyl (C=O) groups excluding carboxylic acids is 1. The number of nitrogens with one attached hydrogen (secondary N) is 1. The normalized spacial score (nSPS) is 11.5. The average molecular weight is 483 g/mol. The van der Waals surface area contributed by atoms with Crippen molar-refractivity contribution in [3.8, 4) is 11.4 Å². The predicted octanol–water partition coefficient (Wildman–Crippen LogP) is 4.08. The maximum atomic E-state index is 13.6. The molecule has 1 N–H and O–H groups in total. The first-order chi connectivity index (χ1) is 16.3. The van der Waals surface area contributed by atoms with E-state index in [9.17, 15) is 9.59 Å². The van der Waals surface area contributed by atoms with E-state index in [1.807, 2.05) is 45.2 Å². The zero-order valence-corrected chi connectivity index (χ0v) is 20.3. The van der Waals surface area contributed by atoms with Crippen LogP contribution in [-0.2, 0) is 11.8 Å². The van der Waals surface area contributed by atoms with Gasteiger partial charge in [0.05, 0.1) is 23.9 Å². The lowest BCUT2D eigenvalue weighted by Crippen LogP contribution is -2.31. The smallest absolute Gasteiger partial charge is 0.296 e. The number of amides is 1. The number of hydrogen-bond acceptors (Lipinski definition) is 5. The molecule has 0 saturated heterocycles. The van der Waals surface area contributed by atoms with E-state index in [1.165, 1.54) is 11.8 Å². The van der Waals surface area contributed by atoms with Gasteiger partial charge in [-0.25, -0.2) is 0 Å². The zero-order valence-electron chi connectivity index (χ0n) is 19.6. The molecule has 0 radical (unpaired) electrons. The third kappa shape index (κ3) is 4.38. The number of rotatable bonds is 8. The quantitative estimate of drug-likeness (QED) is 0.382. The van der Waals surface area contributed by atoms with Crippen LogP contribution in [0.25, 0.3) is 27.5 Å². The van der Waals surface area contributed by atoms with E-state index in [-0.39, 0.29) is 23.3 Å². The Hall–Kier alpha value is -3.36. The maximum Gasteiger partial charge on any atom is 0.296 e. The highest BCUT2D eigenvalue weighted by atomic mass is 35.5. The first-order valence-corrected chi connectivity index (χ1v) is 11.5. The highest BCUT2D eigenvalue weighted by Gasteiger charge is 2.23. The van der Waals surface area contributed by atoms with E-state index in [0.29, 0.717) is 46.9 Å². The van der Waals surface area contributed by atoms with Gasteiger partial charge in [0.2, 0.25) is 0 Å². The molecule has 1 amide bonds. The fourth-order valence-corrected chi connectivity index (χ4v) is 4.23. The van der Waals surface area contributed by atoms with Gasteiger partial charge in [0.1, 0.15) is 11.3 Å². The van der Waals surface area contributed by atoms with Crippen molar-refractivity contribution in [3.05, 3.63) is 63.5 Å². The molecule has 178 valence electrons. The highest BCUT2D eigenvalue weighted by molar-refractivity contribution is 6.32. The van der Waals surface area contributed by atoms with Gasteiger partial charge in [-0.3, -0.25) is 9.59 Å².